The van der Waals surface area contributed by atoms with E-state index in [0.29, 0.717) is 0 Å². The maximum Gasteiger partial charge on any atom is 0.120 e. The van der Waals surface area contributed by atoms with Crippen LogP contribution in [0.5, 0.6) is 5.75 Å². The van der Waals surface area contributed by atoms with Gasteiger partial charge in [-0.2, -0.15) is 0 Å². The molecule has 0 aromatic heterocycles. The molecule has 1 aromatic rings. The molecule has 0 saturated heterocycles. The fourth-order valence-corrected chi connectivity index (χ4v) is 2.46. The van der Waals surface area contributed by atoms with Crippen molar-refractivity contribution in [1.29, 1.82) is 0 Å². The summed E-state index contributed by atoms with van der Waals surface area (Å²) in [6.07, 6.45) is 2.68. The van der Waals surface area contributed by atoms with Crippen molar-refractivity contribution in [3.63, 3.8) is 0 Å². The van der Waals surface area contributed by atoms with Gasteiger partial charge in [0.25, 0.3) is 0 Å². The van der Waals surface area contributed by atoms with Crippen LogP contribution in [0.2, 0.25) is 0 Å². The Morgan fingerprint density at radius 2 is 1.88 bits per heavy atom. The zero-order chi connectivity index (χ0) is 11.8. The van der Waals surface area contributed by atoms with E-state index in [9.17, 15) is 5.11 Å². The summed E-state index contributed by atoms with van der Waals surface area (Å²) in [5.74, 6) is 0.931. The Balaban J connectivity index is 2.05. The molecule has 2 heteroatoms. The van der Waals surface area contributed by atoms with Crippen LogP contribution in [0.4, 0.5) is 0 Å². The minimum atomic E-state index is -0.538. The predicted molar refractivity (Wildman–Crippen MR) is 64.8 cm³/mol. The summed E-state index contributed by atoms with van der Waals surface area (Å²) < 4.78 is 5.91. The van der Waals surface area contributed by atoms with Gasteiger partial charge < -0.3 is 9.84 Å². The molecule has 1 aliphatic carbocycles. The molecule has 2 unspecified atom stereocenters. The van der Waals surface area contributed by atoms with Gasteiger partial charge in [-0.1, -0.05) is 6.07 Å². The third-order valence-electron chi connectivity index (χ3n) is 3.17. The molecule has 88 valence electrons. The van der Waals surface area contributed by atoms with Crippen LogP contribution in [0.3, 0.4) is 0 Å². The molecule has 0 amide bonds. The number of hydrogen-bond acceptors (Lipinski definition) is 2. The zero-order valence-electron chi connectivity index (χ0n) is 10.3. The quantitative estimate of drug-likeness (QED) is 0.830. The average Bonchev–Trinajstić information content (AvgIpc) is 2.43. The Morgan fingerprint density at radius 1 is 1.25 bits per heavy atom. The topological polar surface area (TPSA) is 29.5 Å². The van der Waals surface area contributed by atoms with Crippen LogP contribution < -0.4 is 4.74 Å². The third kappa shape index (κ3) is 2.76. The van der Waals surface area contributed by atoms with Crippen LogP contribution in [-0.2, 0) is 0 Å². The maximum atomic E-state index is 9.87. The van der Waals surface area contributed by atoms with Crippen molar-refractivity contribution in [3.8, 4) is 5.75 Å². The lowest BCUT2D eigenvalue weighted by Gasteiger charge is -2.17. The normalized spacial score (nSPS) is 29.4. The summed E-state index contributed by atoms with van der Waals surface area (Å²) in [4.78, 5) is 0. The summed E-state index contributed by atoms with van der Waals surface area (Å²) in [5.41, 5.74) is 1.91. The predicted octanol–water partition coefficient (Wildman–Crippen LogP) is 2.99. The van der Waals surface area contributed by atoms with Gasteiger partial charge in [-0.05, 0) is 56.9 Å². The van der Waals surface area contributed by atoms with Gasteiger partial charge in [0.05, 0.1) is 5.60 Å². The second-order valence-electron chi connectivity index (χ2n) is 5.30. The Hall–Kier alpha value is -1.02. The fourth-order valence-electron chi connectivity index (χ4n) is 2.46. The van der Waals surface area contributed by atoms with Gasteiger partial charge in [-0.25, -0.2) is 0 Å². The summed E-state index contributed by atoms with van der Waals surface area (Å²) in [6.45, 7) is 6.03. The molecule has 2 nitrogen and oxygen atoms in total. The van der Waals surface area contributed by atoms with Crippen LogP contribution >= 0.6 is 0 Å². The van der Waals surface area contributed by atoms with Gasteiger partial charge in [-0.15, -0.1) is 0 Å². The van der Waals surface area contributed by atoms with Gasteiger partial charge >= 0.3 is 0 Å². The number of hydrogen-bond donors (Lipinski definition) is 1. The minimum Gasteiger partial charge on any atom is -0.490 e. The van der Waals surface area contributed by atoms with Crippen LogP contribution in [-0.4, -0.2) is 16.8 Å². The SMILES string of the molecule is Cc1cc(C)cc(OC2CCC(C)(O)C2)c1. The number of aryl methyl sites for hydroxylation is 2. The largest absolute Gasteiger partial charge is 0.490 e. The van der Waals surface area contributed by atoms with E-state index in [1.165, 1.54) is 11.1 Å². The molecule has 0 radical (unpaired) electrons. The first kappa shape index (κ1) is 11.5. The highest BCUT2D eigenvalue weighted by molar-refractivity contribution is 5.33. The molecule has 2 rings (SSSR count). The van der Waals surface area contributed by atoms with Gasteiger partial charge in [0.15, 0.2) is 0 Å². The van der Waals surface area contributed by atoms with E-state index in [4.69, 9.17) is 4.74 Å². The number of rotatable bonds is 2. The molecule has 0 aliphatic heterocycles. The Bertz CT molecular complexity index is 362. The van der Waals surface area contributed by atoms with Crippen molar-refractivity contribution in [1.82, 2.24) is 0 Å². The smallest absolute Gasteiger partial charge is 0.120 e. The second kappa shape index (κ2) is 4.10. The van der Waals surface area contributed by atoms with E-state index in [-0.39, 0.29) is 6.10 Å². The molecule has 1 fully saturated rings. The Labute approximate surface area is 97.3 Å². The van der Waals surface area contributed by atoms with Crippen molar-refractivity contribution < 1.29 is 9.84 Å². The highest BCUT2D eigenvalue weighted by Crippen LogP contribution is 2.32. The fraction of sp³-hybridized carbons (Fsp3) is 0.571. The Morgan fingerprint density at radius 3 is 2.38 bits per heavy atom. The van der Waals surface area contributed by atoms with E-state index in [1.807, 2.05) is 6.92 Å². The van der Waals surface area contributed by atoms with Crippen LogP contribution in [0.15, 0.2) is 18.2 Å². The van der Waals surface area contributed by atoms with Gasteiger partial charge in [0.1, 0.15) is 11.9 Å². The maximum absolute atomic E-state index is 9.87. The van der Waals surface area contributed by atoms with Crippen molar-refractivity contribution in [2.45, 2.75) is 51.7 Å². The van der Waals surface area contributed by atoms with E-state index < -0.39 is 5.60 Å². The van der Waals surface area contributed by atoms with Crippen molar-refractivity contribution in [3.05, 3.63) is 29.3 Å². The number of benzene rings is 1. The average molecular weight is 220 g/mol. The summed E-state index contributed by atoms with van der Waals surface area (Å²) in [7, 11) is 0. The lowest BCUT2D eigenvalue weighted by molar-refractivity contribution is 0.0543. The standard InChI is InChI=1S/C14H20O2/c1-10-6-11(2)8-13(7-10)16-12-4-5-14(3,15)9-12/h6-8,12,15H,4-5,9H2,1-3H3. The van der Waals surface area contributed by atoms with Crippen LogP contribution in [0.25, 0.3) is 0 Å². The summed E-state index contributed by atoms with van der Waals surface area (Å²) in [5, 5.41) is 9.87. The lowest BCUT2D eigenvalue weighted by Crippen LogP contribution is -2.22. The monoisotopic (exact) mass is 220 g/mol. The first-order valence-corrected chi connectivity index (χ1v) is 5.92. The van der Waals surface area contributed by atoms with Crippen molar-refractivity contribution >= 4 is 0 Å². The summed E-state index contributed by atoms with van der Waals surface area (Å²) in [6, 6.07) is 6.25. The van der Waals surface area contributed by atoms with Crippen molar-refractivity contribution in [2.75, 3.05) is 0 Å². The molecule has 0 spiro atoms. The first-order valence-electron chi connectivity index (χ1n) is 5.92. The molecular formula is C14H20O2. The molecule has 0 heterocycles. The van der Waals surface area contributed by atoms with Crippen LogP contribution in [0.1, 0.15) is 37.3 Å². The molecule has 1 saturated carbocycles. The second-order valence-corrected chi connectivity index (χ2v) is 5.30. The minimum absolute atomic E-state index is 0.163. The molecule has 2 atom stereocenters. The molecule has 1 aromatic carbocycles. The molecule has 16 heavy (non-hydrogen) atoms. The van der Waals surface area contributed by atoms with Gasteiger partial charge in [0.2, 0.25) is 0 Å². The Kier molecular flexibility index (Phi) is 2.94. The van der Waals surface area contributed by atoms with E-state index in [1.54, 1.807) is 0 Å². The molecule has 1 aliphatic rings. The summed E-state index contributed by atoms with van der Waals surface area (Å²) >= 11 is 0. The number of ether oxygens (including phenoxy) is 1. The lowest BCUT2D eigenvalue weighted by atomic mass is 10.1. The highest BCUT2D eigenvalue weighted by atomic mass is 16.5. The van der Waals surface area contributed by atoms with Crippen molar-refractivity contribution in [2.24, 2.45) is 0 Å². The van der Waals surface area contributed by atoms with Gasteiger partial charge in [-0.3, -0.25) is 0 Å². The first-order chi connectivity index (χ1) is 7.44. The molecule has 0 bridgehead atoms. The third-order valence-corrected chi connectivity index (χ3v) is 3.17. The molecule has 1 N–H and O–H groups in total. The van der Waals surface area contributed by atoms with E-state index >= 15 is 0 Å². The van der Waals surface area contributed by atoms with Crippen LogP contribution in [0, 0.1) is 13.8 Å². The van der Waals surface area contributed by atoms with E-state index in [0.717, 1.165) is 25.0 Å². The highest BCUT2D eigenvalue weighted by Gasteiger charge is 2.34. The molecular weight excluding hydrogens is 200 g/mol. The van der Waals surface area contributed by atoms with Gasteiger partial charge in [0, 0.05) is 6.42 Å². The zero-order valence-corrected chi connectivity index (χ0v) is 10.3. The van der Waals surface area contributed by atoms with E-state index in [2.05, 4.69) is 32.0 Å². The number of aliphatic hydroxyl groups is 1.